The number of hydrogen-bond acceptors (Lipinski definition) is 3. The third-order valence-electron chi connectivity index (χ3n) is 4.20. The molecule has 4 nitrogen and oxygen atoms in total. The van der Waals surface area contributed by atoms with Crippen LogP contribution in [0.25, 0.3) is 0 Å². The first-order valence-corrected chi connectivity index (χ1v) is 7.42. The van der Waals surface area contributed by atoms with Crippen LogP contribution in [0.5, 0.6) is 0 Å². The minimum atomic E-state index is -0.420. The van der Waals surface area contributed by atoms with Crippen molar-refractivity contribution in [3.63, 3.8) is 0 Å². The number of ether oxygens (including phenoxy) is 2. The van der Waals surface area contributed by atoms with E-state index in [1.807, 2.05) is 0 Å². The topological polar surface area (TPSA) is 47.6 Å². The summed E-state index contributed by atoms with van der Waals surface area (Å²) in [5.74, 6) is -1.02. The predicted octanol–water partition coefficient (Wildman–Crippen LogP) is 2.55. The second-order valence-electron chi connectivity index (χ2n) is 5.87. The molecule has 2 aliphatic rings. The van der Waals surface area contributed by atoms with Gasteiger partial charge in [-0.1, -0.05) is 0 Å². The second kappa shape index (κ2) is 5.73. The zero-order valence-corrected chi connectivity index (χ0v) is 12.2. The van der Waals surface area contributed by atoms with E-state index in [9.17, 15) is 9.18 Å². The van der Waals surface area contributed by atoms with Crippen LogP contribution in [0.2, 0.25) is 0 Å². The van der Waals surface area contributed by atoms with Gasteiger partial charge in [-0.2, -0.15) is 0 Å². The van der Waals surface area contributed by atoms with Crippen molar-refractivity contribution in [3.05, 3.63) is 35.1 Å². The maximum Gasteiger partial charge on any atom is 0.251 e. The highest BCUT2D eigenvalue weighted by Crippen LogP contribution is 2.35. The average Bonchev–Trinajstić information content (AvgIpc) is 2.89. The monoisotopic (exact) mass is 293 g/mol. The maximum atomic E-state index is 13.4. The molecule has 0 radical (unpaired) electrons. The quantitative estimate of drug-likeness (QED) is 0.911. The standard InChI is InChI=1S/C16H20FNO3/c1-11-8-12(10-13(17)9-11)15(19)18-14-2-4-16(5-3-14)20-6-7-21-16/h8-10,14H,2-7H2,1H3,(H,18,19). The van der Waals surface area contributed by atoms with Crippen LogP contribution < -0.4 is 5.32 Å². The number of nitrogens with one attached hydrogen (secondary N) is 1. The van der Waals surface area contributed by atoms with Crippen LogP contribution in [-0.4, -0.2) is 30.9 Å². The van der Waals surface area contributed by atoms with Gasteiger partial charge >= 0.3 is 0 Å². The fourth-order valence-corrected chi connectivity index (χ4v) is 3.12. The van der Waals surface area contributed by atoms with E-state index in [2.05, 4.69) is 5.32 Å². The van der Waals surface area contributed by atoms with Crippen molar-refractivity contribution in [2.45, 2.75) is 44.4 Å². The lowest BCUT2D eigenvalue weighted by Crippen LogP contribution is -2.44. The molecule has 0 bridgehead atoms. The van der Waals surface area contributed by atoms with Crippen LogP contribution >= 0.6 is 0 Å². The Bertz CT molecular complexity index is 510. The molecule has 1 aromatic rings. The summed E-state index contributed by atoms with van der Waals surface area (Å²) in [5, 5.41) is 2.98. The van der Waals surface area contributed by atoms with Gasteiger partial charge in [0.05, 0.1) is 13.2 Å². The van der Waals surface area contributed by atoms with Crippen LogP contribution in [0, 0.1) is 12.7 Å². The van der Waals surface area contributed by atoms with Crippen LogP contribution in [0.4, 0.5) is 4.39 Å². The molecule has 114 valence electrons. The molecular formula is C16H20FNO3. The Morgan fingerprint density at radius 3 is 2.52 bits per heavy atom. The van der Waals surface area contributed by atoms with E-state index in [1.165, 1.54) is 12.1 Å². The highest BCUT2D eigenvalue weighted by atomic mass is 19.1. The molecule has 1 spiro atoms. The van der Waals surface area contributed by atoms with E-state index in [4.69, 9.17) is 9.47 Å². The molecule has 2 fully saturated rings. The fraction of sp³-hybridized carbons (Fsp3) is 0.562. The smallest absolute Gasteiger partial charge is 0.251 e. The van der Waals surface area contributed by atoms with Gasteiger partial charge in [0.2, 0.25) is 0 Å². The third-order valence-corrected chi connectivity index (χ3v) is 4.20. The Morgan fingerprint density at radius 2 is 1.90 bits per heavy atom. The summed E-state index contributed by atoms with van der Waals surface area (Å²) < 4.78 is 24.7. The van der Waals surface area contributed by atoms with E-state index in [1.54, 1.807) is 13.0 Å². The summed E-state index contributed by atoms with van der Waals surface area (Å²) in [6.07, 6.45) is 3.22. The molecule has 1 amide bonds. The summed E-state index contributed by atoms with van der Waals surface area (Å²) in [6, 6.07) is 4.48. The highest BCUT2D eigenvalue weighted by molar-refractivity contribution is 5.94. The van der Waals surface area contributed by atoms with Crippen molar-refractivity contribution in [1.29, 1.82) is 0 Å². The second-order valence-corrected chi connectivity index (χ2v) is 5.87. The Kier molecular flexibility index (Phi) is 3.95. The first-order chi connectivity index (χ1) is 10.1. The van der Waals surface area contributed by atoms with Gasteiger partial charge in [0, 0.05) is 24.4 Å². The van der Waals surface area contributed by atoms with Crippen molar-refractivity contribution in [1.82, 2.24) is 5.32 Å². The maximum absolute atomic E-state index is 13.4. The van der Waals surface area contributed by atoms with Crippen LogP contribution in [0.1, 0.15) is 41.6 Å². The number of rotatable bonds is 2. The Balaban J connectivity index is 1.58. The molecule has 1 heterocycles. The normalized spacial score (nSPS) is 21.6. The number of carbonyl (C=O) groups is 1. The van der Waals surface area contributed by atoms with E-state index in [-0.39, 0.29) is 17.8 Å². The van der Waals surface area contributed by atoms with Crippen molar-refractivity contribution in [2.24, 2.45) is 0 Å². The van der Waals surface area contributed by atoms with E-state index >= 15 is 0 Å². The van der Waals surface area contributed by atoms with Crippen LogP contribution in [0.3, 0.4) is 0 Å². The van der Waals surface area contributed by atoms with Crippen LogP contribution in [0.15, 0.2) is 18.2 Å². The highest BCUT2D eigenvalue weighted by Gasteiger charge is 2.40. The summed E-state index contributed by atoms with van der Waals surface area (Å²) in [7, 11) is 0. The van der Waals surface area contributed by atoms with Gasteiger partial charge in [-0.3, -0.25) is 4.79 Å². The van der Waals surface area contributed by atoms with Gasteiger partial charge < -0.3 is 14.8 Å². The molecule has 1 aromatic carbocycles. The molecular weight excluding hydrogens is 273 g/mol. The van der Waals surface area contributed by atoms with Gasteiger partial charge in [-0.25, -0.2) is 4.39 Å². The molecule has 1 N–H and O–H groups in total. The Morgan fingerprint density at radius 1 is 1.24 bits per heavy atom. The molecule has 0 aromatic heterocycles. The van der Waals surface area contributed by atoms with Crippen LogP contribution in [-0.2, 0) is 9.47 Å². The van der Waals surface area contributed by atoms with E-state index in [0.29, 0.717) is 18.8 Å². The van der Waals surface area contributed by atoms with Gasteiger partial charge in [-0.05, 0) is 43.5 Å². The summed E-state index contributed by atoms with van der Waals surface area (Å²) in [5.41, 5.74) is 1.12. The fourth-order valence-electron chi connectivity index (χ4n) is 3.12. The van der Waals surface area contributed by atoms with Gasteiger partial charge in [0.25, 0.3) is 5.91 Å². The number of benzene rings is 1. The number of aryl methyl sites for hydroxylation is 1. The first kappa shape index (κ1) is 14.5. The molecule has 21 heavy (non-hydrogen) atoms. The average molecular weight is 293 g/mol. The molecule has 0 unspecified atom stereocenters. The Hall–Kier alpha value is -1.46. The number of halogens is 1. The summed E-state index contributed by atoms with van der Waals surface area (Å²) >= 11 is 0. The molecule has 1 aliphatic carbocycles. The lowest BCUT2D eigenvalue weighted by atomic mass is 9.90. The zero-order valence-electron chi connectivity index (χ0n) is 12.2. The zero-order chi connectivity index (χ0) is 14.9. The van der Waals surface area contributed by atoms with E-state index < -0.39 is 5.79 Å². The third kappa shape index (κ3) is 3.24. The Labute approximate surface area is 123 Å². The molecule has 1 saturated carbocycles. The van der Waals surface area contributed by atoms with Crippen molar-refractivity contribution in [3.8, 4) is 0 Å². The molecule has 0 atom stereocenters. The molecule has 1 saturated heterocycles. The van der Waals surface area contributed by atoms with Gasteiger partial charge in [0.15, 0.2) is 5.79 Å². The number of carbonyl (C=O) groups excluding carboxylic acids is 1. The molecule has 5 heteroatoms. The van der Waals surface area contributed by atoms with Gasteiger partial charge in [0.1, 0.15) is 5.82 Å². The van der Waals surface area contributed by atoms with Crippen molar-refractivity contribution >= 4 is 5.91 Å². The van der Waals surface area contributed by atoms with Crippen molar-refractivity contribution < 1.29 is 18.7 Å². The largest absolute Gasteiger partial charge is 0.349 e. The van der Waals surface area contributed by atoms with Crippen molar-refractivity contribution in [2.75, 3.05) is 13.2 Å². The number of hydrogen-bond donors (Lipinski definition) is 1. The van der Waals surface area contributed by atoms with Gasteiger partial charge in [-0.15, -0.1) is 0 Å². The summed E-state index contributed by atoms with van der Waals surface area (Å²) in [6.45, 7) is 3.08. The minimum absolute atomic E-state index is 0.0968. The number of amides is 1. The SMILES string of the molecule is Cc1cc(F)cc(C(=O)NC2CCC3(CC2)OCCO3)c1. The minimum Gasteiger partial charge on any atom is -0.349 e. The molecule has 1 aliphatic heterocycles. The molecule has 3 rings (SSSR count). The summed E-state index contributed by atoms with van der Waals surface area (Å²) in [4.78, 5) is 12.2. The lowest BCUT2D eigenvalue weighted by Gasteiger charge is -2.35. The van der Waals surface area contributed by atoms with E-state index in [0.717, 1.165) is 31.2 Å². The predicted molar refractivity (Wildman–Crippen MR) is 75.5 cm³/mol. The lowest BCUT2D eigenvalue weighted by molar-refractivity contribution is -0.179. The first-order valence-electron chi connectivity index (χ1n) is 7.42.